The number of imidazole rings is 1. The number of nitrogens with zero attached hydrogens (tertiary/aromatic N) is 2. The molecular weight excluding hydrogens is 338 g/mol. The molecule has 5 nitrogen and oxygen atoms in total. The minimum Gasteiger partial charge on any atom is -0.337 e. The average molecular weight is 355 g/mol. The lowest BCUT2D eigenvalue weighted by molar-refractivity contribution is -0.384. The Balaban J connectivity index is 1.84. The van der Waals surface area contributed by atoms with Gasteiger partial charge in [0.25, 0.3) is 5.69 Å². The molecule has 3 aromatic carbocycles. The van der Waals surface area contributed by atoms with E-state index < -0.39 is 4.92 Å². The third kappa shape index (κ3) is 3.35. The van der Waals surface area contributed by atoms with E-state index >= 15 is 0 Å². The Bertz CT molecular complexity index is 1080. The molecule has 132 valence electrons. The number of aryl methyl sites for hydroxylation is 1. The van der Waals surface area contributed by atoms with Crippen molar-refractivity contribution in [1.82, 2.24) is 9.97 Å². The minimum absolute atomic E-state index is 0.0624. The van der Waals surface area contributed by atoms with Crippen LogP contribution in [0.2, 0.25) is 0 Å². The van der Waals surface area contributed by atoms with Crippen molar-refractivity contribution < 1.29 is 4.92 Å². The van der Waals surface area contributed by atoms with Crippen LogP contribution in [0.25, 0.3) is 33.9 Å². The summed E-state index contributed by atoms with van der Waals surface area (Å²) in [4.78, 5) is 18.7. The fourth-order valence-corrected chi connectivity index (χ4v) is 2.99. The van der Waals surface area contributed by atoms with E-state index in [0.29, 0.717) is 5.82 Å². The monoisotopic (exact) mass is 355 g/mol. The van der Waals surface area contributed by atoms with Gasteiger partial charge in [0.2, 0.25) is 0 Å². The van der Waals surface area contributed by atoms with Gasteiger partial charge in [0.1, 0.15) is 5.82 Å². The maximum atomic E-state index is 10.9. The summed E-state index contributed by atoms with van der Waals surface area (Å²) in [6.45, 7) is 2.05. The molecule has 27 heavy (non-hydrogen) atoms. The maximum Gasteiger partial charge on any atom is 0.269 e. The molecule has 0 saturated carbocycles. The first-order valence-electron chi connectivity index (χ1n) is 8.59. The molecule has 0 saturated heterocycles. The van der Waals surface area contributed by atoms with Crippen LogP contribution in [0.3, 0.4) is 0 Å². The molecular formula is C22H17N3O2. The highest BCUT2D eigenvalue weighted by atomic mass is 16.6. The number of nitrogens with one attached hydrogen (secondary N) is 1. The molecule has 1 aromatic heterocycles. The summed E-state index contributed by atoms with van der Waals surface area (Å²) < 4.78 is 0. The third-order valence-corrected chi connectivity index (χ3v) is 4.44. The summed E-state index contributed by atoms with van der Waals surface area (Å²) >= 11 is 0. The normalized spacial score (nSPS) is 10.7. The standard InChI is InChI=1S/C22H17N3O2/c1-15-7-9-17(10-8-15)21-20(16-5-3-2-4-6-16)23-22(24-21)18-11-13-19(14-12-18)25(26)27/h2-14H,1H3,(H,23,24). The highest BCUT2D eigenvalue weighted by Gasteiger charge is 2.16. The van der Waals surface area contributed by atoms with E-state index in [1.165, 1.54) is 17.7 Å². The molecule has 0 bridgehead atoms. The zero-order valence-corrected chi connectivity index (χ0v) is 14.7. The van der Waals surface area contributed by atoms with Crippen molar-refractivity contribution in [3.05, 3.63) is 94.5 Å². The van der Waals surface area contributed by atoms with Crippen molar-refractivity contribution in [1.29, 1.82) is 0 Å². The molecule has 1 heterocycles. The summed E-state index contributed by atoms with van der Waals surface area (Å²) in [5.41, 5.74) is 5.89. The van der Waals surface area contributed by atoms with Crippen LogP contribution in [0.15, 0.2) is 78.9 Å². The number of aromatic amines is 1. The second kappa shape index (κ2) is 6.88. The number of benzene rings is 3. The lowest BCUT2D eigenvalue weighted by Gasteiger charge is -2.03. The van der Waals surface area contributed by atoms with Crippen molar-refractivity contribution in [2.24, 2.45) is 0 Å². The molecule has 5 heteroatoms. The van der Waals surface area contributed by atoms with E-state index in [0.717, 1.165) is 28.1 Å². The lowest BCUT2D eigenvalue weighted by atomic mass is 10.0. The summed E-state index contributed by atoms with van der Waals surface area (Å²) in [7, 11) is 0. The summed E-state index contributed by atoms with van der Waals surface area (Å²) in [5, 5.41) is 10.9. The molecule has 4 rings (SSSR count). The number of H-pyrrole nitrogens is 1. The fourth-order valence-electron chi connectivity index (χ4n) is 2.99. The number of nitro benzene ring substituents is 1. The molecule has 0 spiro atoms. The van der Waals surface area contributed by atoms with Crippen LogP contribution >= 0.6 is 0 Å². The quantitative estimate of drug-likeness (QED) is 0.381. The molecule has 0 amide bonds. The van der Waals surface area contributed by atoms with Gasteiger partial charge >= 0.3 is 0 Å². The number of rotatable bonds is 4. The van der Waals surface area contributed by atoms with Gasteiger partial charge in [0.05, 0.1) is 16.3 Å². The second-order valence-corrected chi connectivity index (χ2v) is 6.35. The Morgan fingerprint density at radius 2 is 1.44 bits per heavy atom. The van der Waals surface area contributed by atoms with Gasteiger partial charge in [-0.25, -0.2) is 4.98 Å². The van der Waals surface area contributed by atoms with Crippen molar-refractivity contribution in [3.63, 3.8) is 0 Å². The zero-order valence-electron chi connectivity index (χ0n) is 14.7. The maximum absolute atomic E-state index is 10.9. The topological polar surface area (TPSA) is 71.8 Å². The van der Waals surface area contributed by atoms with Gasteiger partial charge in [-0.2, -0.15) is 0 Å². The van der Waals surface area contributed by atoms with Gasteiger partial charge in [-0.1, -0.05) is 60.2 Å². The van der Waals surface area contributed by atoms with Crippen molar-refractivity contribution in [2.45, 2.75) is 6.92 Å². The Hall–Kier alpha value is -3.73. The number of non-ortho nitro benzene ring substituents is 1. The predicted molar refractivity (Wildman–Crippen MR) is 106 cm³/mol. The van der Waals surface area contributed by atoms with Crippen LogP contribution in [0.5, 0.6) is 0 Å². The highest BCUT2D eigenvalue weighted by Crippen LogP contribution is 2.33. The molecule has 0 aliphatic heterocycles. The molecule has 4 aromatic rings. The molecule has 0 unspecified atom stereocenters. The van der Waals surface area contributed by atoms with E-state index in [2.05, 4.69) is 36.2 Å². The van der Waals surface area contributed by atoms with E-state index in [1.807, 2.05) is 30.3 Å². The Labute approximate surface area is 156 Å². The van der Waals surface area contributed by atoms with Gasteiger partial charge in [0.15, 0.2) is 0 Å². The smallest absolute Gasteiger partial charge is 0.269 e. The van der Waals surface area contributed by atoms with Crippen molar-refractivity contribution >= 4 is 5.69 Å². The largest absolute Gasteiger partial charge is 0.337 e. The predicted octanol–water partition coefficient (Wildman–Crippen LogP) is 5.63. The summed E-state index contributed by atoms with van der Waals surface area (Å²) in [6.07, 6.45) is 0. The van der Waals surface area contributed by atoms with Crippen LogP contribution in [-0.2, 0) is 0 Å². The molecule has 0 fully saturated rings. The first-order valence-corrected chi connectivity index (χ1v) is 8.59. The van der Waals surface area contributed by atoms with Crippen molar-refractivity contribution in [2.75, 3.05) is 0 Å². The number of hydrogen-bond donors (Lipinski definition) is 1. The summed E-state index contributed by atoms with van der Waals surface area (Å²) in [6, 6.07) is 24.6. The molecule has 0 aliphatic carbocycles. The van der Waals surface area contributed by atoms with Gasteiger partial charge < -0.3 is 4.98 Å². The Kier molecular flexibility index (Phi) is 4.26. The van der Waals surface area contributed by atoms with E-state index in [-0.39, 0.29) is 5.69 Å². The highest BCUT2D eigenvalue weighted by molar-refractivity contribution is 5.81. The van der Waals surface area contributed by atoms with Gasteiger partial charge in [-0.15, -0.1) is 0 Å². The van der Waals surface area contributed by atoms with Gasteiger partial charge in [-0.3, -0.25) is 10.1 Å². The SMILES string of the molecule is Cc1ccc(-c2[nH]c(-c3ccc([N+](=O)[O-])cc3)nc2-c2ccccc2)cc1. The van der Waals surface area contributed by atoms with Crippen LogP contribution in [-0.4, -0.2) is 14.9 Å². The zero-order chi connectivity index (χ0) is 18.8. The van der Waals surface area contributed by atoms with Crippen LogP contribution < -0.4 is 0 Å². The van der Waals surface area contributed by atoms with Gasteiger partial charge in [0, 0.05) is 28.8 Å². The number of nitro groups is 1. The van der Waals surface area contributed by atoms with E-state index in [9.17, 15) is 10.1 Å². The van der Waals surface area contributed by atoms with Crippen LogP contribution in [0.4, 0.5) is 5.69 Å². The molecule has 0 aliphatic rings. The molecule has 1 N–H and O–H groups in total. The molecule has 0 radical (unpaired) electrons. The second-order valence-electron chi connectivity index (χ2n) is 6.35. The third-order valence-electron chi connectivity index (χ3n) is 4.44. The fraction of sp³-hybridized carbons (Fsp3) is 0.0455. The van der Waals surface area contributed by atoms with Crippen LogP contribution in [0, 0.1) is 17.0 Å². The first-order chi connectivity index (χ1) is 13.1. The van der Waals surface area contributed by atoms with E-state index in [4.69, 9.17) is 4.98 Å². The minimum atomic E-state index is -0.404. The first kappa shape index (κ1) is 16.7. The summed E-state index contributed by atoms with van der Waals surface area (Å²) in [5.74, 6) is 0.680. The number of aromatic nitrogens is 2. The number of hydrogen-bond acceptors (Lipinski definition) is 3. The van der Waals surface area contributed by atoms with E-state index in [1.54, 1.807) is 12.1 Å². The molecule has 0 atom stereocenters. The average Bonchev–Trinajstić information content (AvgIpc) is 3.15. The Morgan fingerprint density at radius 3 is 2.07 bits per heavy atom. The Morgan fingerprint density at radius 1 is 0.815 bits per heavy atom. The lowest BCUT2D eigenvalue weighted by Crippen LogP contribution is -1.87. The van der Waals surface area contributed by atoms with Crippen LogP contribution in [0.1, 0.15) is 5.56 Å². The van der Waals surface area contributed by atoms with Gasteiger partial charge in [-0.05, 0) is 19.1 Å². The van der Waals surface area contributed by atoms with Crippen molar-refractivity contribution in [3.8, 4) is 33.9 Å².